The highest BCUT2D eigenvalue weighted by molar-refractivity contribution is 5.79. The lowest BCUT2D eigenvalue weighted by Crippen LogP contribution is -2.50. The summed E-state index contributed by atoms with van der Waals surface area (Å²) in [6.45, 7) is 10.5. The van der Waals surface area contributed by atoms with Crippen LogP contribution >= 0.6 is 0 Å². The normalized spacial score (nSPS) is 26.0. The molecule has 0 N–H and O–H groups in total. The zero-order chi connectivity index (χ0) is 18.6. The molecule has 1 aromatic heterocycles. The molecule has 1 amide bonds. The van der Waals surface area contributed by atoms with E-state index in [1.165, 1.54) is 44.2 Å². The number of likely N-dealkylation sites (tertiary alicyclic amines) is 3. The Kier molecular flexibility index (Phi) is 6.13. The van der Waals surface area contributed by atoms with Gasteiger partial charge in [0, 0.05) is 50.5 Å². The van der Waals surface area contributed by atoms with Crippen LogP contribution in [0.2, 0.25) is 0 Å². The third-order valence-corrected chi connectivity index (χ3v) is 6.71. The number of amides is 1. The van der Waals surface area contributed by atoms with Crippen molar-refractivity contribution in [3.8, 4) is 0 Å². The summed E-state index contributed by atoms with van der Waals surface area (Å²) in [6.07, 6.45) is 11.3. The summed E-state index contributed by atoms with van der Waals surface area (Å²) in [4.78, 5) is 20.1. The Balaban J connectivity index is 1.25. The molecule has 3 aliphatic heterocycles. The number of aromatic nitrogens is 2. The molecule has 0 saturated carbocycles. The Labute approximate surface area is 163 Å². The van der Waals surface area contributed by atoms with E-state index >= 15 is 0 Å². The molecule has 150 valence electrons. The molecule has 0 aliphatic carbocycles. The van der Waals surface area contributed by atoms with E-state index in [1.807, 2.05) is 10.9 Å². The Bertz CT molecular complexity index is 616. The van der Waals surface area contributed by atoms with Crippen molar-refractivity contribution in [1.82, 2.24) is 24.5 Å². The maximum atomic E-state index is 12.8. The molecule has 3 saturated heterocycles. The van der Waals surface area contributed by atoms with Gasteiger partial charge in [-0.2, -0.15) is 5.10 Å². The van der Waals surface area contributed by atoms with Gasteiger partial charge in [0.15, 0.2) is 0 Å². The molecule has 27 heavy (non-hydrogen) atoms. The van der Waals surface area contributed by atoms with Crippen LogP contribution < -0.4 is 0 Å². The molecule has 0 radical (unpaired) electrons. The van der Waals surface area contributed by atoms with Crippen LogP contribution in [0.3, 0.4) is 0 Å². The smallest absolute Gasteiger partial charge is 0.226 e. The van der Waals surface area contributed by atoms with Gasteiger partial charge in [-0.05, 0) is 65.1 Å². The number of hydrogen-bond donors (Lipinski definition) is 0. The van der Waals surface area contributed by atoms with E-state index < -0.39 is 0 Å². The Morgan fingerprint density at radius 1 is 1.07 bits per heavy atom. The van der Waals surface area contributed by atoms with Gasteiger partial charge in [-0.3, -0.25) is 19.3 Å². The zero-order valence-electron chi connectivity index (χ0n) is 16.9. The summed E-state index contributed by atoms with van der Waals surface area (Å²) in [5.74, 6) is 0.678. The second-order valence-corrected chi connectivity index (χ2v) is 8.58. The molecule has 6 heteroatoms. The molecule has 0 unspecified atom stereocenters. The monoisotopic (exact) mass is 373 g/mol. The van der Waals surface area contributed by atoms with Gasteiger partial charge in [0.25, 0.3) is 0 Å². The van der Waals surface area contributed by atoms with Gasteiger partial charge in [0.2, 0.25) is 5.91 Å². The second-order valence-electron chi connectivity index (χ2n) is 8.58. The first kappa shape index (κ1) is 18.9. The van der Waals surface area contributed by atoms with Crippen LogP contribution in [-0.4, -0.2) is 75.7 Å². The van der Waals surface area contributed by atoms with Crippen molar-refractivity contribution in [3.63, 3.8) is 0 Å². The number of nitrogens with zero attached hydrogens (tertiary/aromatic N) is 5. The van der Waals surface area contributed by atoms with Crippen LogP contribution in [0.5, 0.6) is 0 Å². The van der Waals surface area contributed by atoms with Crippen molar-refractivity contribution in [2.45, 2.75) is 64.6 Å². The first-order valence-corrected chi connectivity index (χ1v) is 11.0. The van der Waals surface area contributed by atoms with Crippen LogP contribution in [0.1, 0.15) is 51.0 Å². The Morgan fingerprint density at radius 2 is 1.85 bits per heavy atom. The number of carbonyl (C=O) groups is 1. The highest BCUT2D eigenvalue weighted by Gasteiger charge is 2.34. The van der Waals surface area contributed by atoms with Crippen LogP contribution in [0.4, 0.5) is 0 Å². The van der Waals surface area contributed by atoms with E-state index in [4.69, 9.17) is 0 Å². The summed E-state index contributed by atoms with van der Waals surface area (Å²) in [7, 11) is 0. The molecule has 0 aromatic carbocycles. The van der Waals surface area contributed by atoms with Gasteiger partial charge in [0.1, 0.15) is 0 Å². The lowest BCUT2D eigenvalue weighted by molar-refractivity contribution is -0.136. The van der Waals surface area contributed by atoms with Gasteiger partial charge < -0.3 is 4.90 Å². The lowest BCUT2D eigenvalue weighted by atomic mass is 9.93. The summed E-state index contributed by atoms with van der Waals surface area (Å²) >= 11 is 0. The first-order valence-electron chi connectivity index (χ1n) is 11.0. The number of piperidine rings is 2. The van der Waals surface area contributed by atoms with Gasteiger partial charge in [-0.1, -0.05) is 0 Å². The molecule has 4 heterocycles. The van der Waals surface area contributed by atoms with Gasteiger partial charge >= 0.3 is 0 Å². The predicted octanol–water partition coefficient (Wildman–Crippen LogP) is 2.20. The second kappa shape index (κ2) is 8.74. The zero-order valence-corrected chi connectivity index (χ0v) is 16.9. The van der Waals surface area contributed by atoms with E-state index in [9.17, 15) is 4.79 Å². The summed E-state index contributed by atoms with van der Waals surface area (Å²) in [6, 6.07) is 0.661. The SMILES string of the molecule is CCn1cc(CN2CCC(N3CCC[C@H](C(=O)N4CCCC4)C3)CC2)cn1. The van der Waals surface area contributed by atoms with Gasteiger partial charge in [-0.25, -0.2) is 0 Å². The fourth-order valence-electron chi connectivity index (χ4n) is 5.10. The maximum absolute atomic E-state index is 12.8. The molecule has 0 bridgehead atoms. The van der Waals surface area contributed by atoms with Crippen molar-refractivity contribution in [2.75, 3.05) is 39.3 Å². The highest BCUT2D eigenvalue weighted by Crippen LogP contribution is 2.26. The fourth-order valence-corrected chi connectivity index (χ4v) is 5.10. The van der Waals surface area contributed by atoms with Crippen LogP contribution in [0.15, 0.2) is 12.4 Å². The molecule has 1 atom stereocenters. The molecule has 1 aromatic rings. The largest absolute Gasteiger partial charge is 0.342 e. The number of rotatable bonds is 5. The lowest BCUT2D eigenvalue weighted by Gasteiger charge is -2.42. The van der Waals surface area contributed by atoms with E-state index in [-0.39, 0.29) is 5.92 Å². The minimum absolute atomic E-state index is 0.245. The predicted molar refractivity (Wildman–Crippen MR) is 106 cm³/mol. The first-order chi connectivity index (χ1) is 13.2. The van der Waals surface area contributed by atoms with E-state index in [2.05, 4.69) is 32.9 Å². The number of aryl methyl sites for hydroxylation is 1. The quantitative estimate of drug-likeness (QED) is 0.794. The third kappa shape index (κ3) is 4.54. The average Bonchev–Trinajstić information content (AvgIpc) is 3.40. The highest BCUT2D eigenvalue weighted by atomic mass is 16.2. The topological polar surface area (TPSA) is 44.6 Å². The molecular formula is C21H35N5O. The molecule has 3 fully saturated rings. The van der Waals surface area contributed by atoms with Crippen LogP contribution in [0.25, 0.3) is 0 Å². The molecule has 3 aliphatic rings. The molecule has 6 nitrogen and oxygen atoms in total. The van der Waals surface area contributed by atoms with E-state index in [0.29, 0.717) is 11.9 Å². The van der Waals surface area contributed by atoms with Crippen molar-refractivity contribution in [1.29, 1.82) is 0 Å². The van der Waals surface area contributed by atoms with Crippen LogP contribution in [0, 0.1) is 5.92 Å². The Morgan fingerprint density at radius 3 is 2.56 bits per heavy atom. The van der Waals surface area contributed by atoms with E-state index in [1.54, 1.807) is 0 Å². The Hall–Kier alpha value is -1.40. The molecule has 4 rings (SSSR count). The van der Waals surface area contributed by atoms with E-state index in [0.717, 1.165) is 52.2 Å². The van der Waals surface area contributed by atoms with Crippen molar-refractivity contribution in [2.24, 2.45) is 5.92 Å². The summed E-state index contributed by atoms with van der Waals surface area (Å²) in [5, 5.41) is 4.39. The number of carbonyl (C=O) groups excluding carboxylic acids is 1. The van der Waals surface area contributed by atoms with Crippen molar-refractivity contribution >= 4 is 5.91 Å². The molecule has 0 spiro atoms. The summed E-state index contributed by atoms with van der Waals surface area (Å²) in [5.41, 5.74) is 1.32. The number of hydrogen-bond acceptors (Lipinski definition) is 4. The maximum Gasteiger partial charge on any atom is 0.226 e. The average molecular weight is 374 g/mol. The fraction of sp³-hybridized carbons (Fsp3) is 0.810. The standard InChI is InChI=1S/C21H35N5O/c1-2-26-16-18(14-22-26)15-23-12-7-20(8-13-23)25-11-5-6-19(17-25)21(27)24-9-3-4-10-24/h14,16,19-20H,2-13,15,17H2,1H3/t19-/m0/s1. The van der Waals surface area contributed by atoms with Gasteiger partial charge in [-0.15, -0.1) is 0 Å². The summed E-state index contributed by atoms with van der Waals surface area (Å²) < 4.78 is 2.01. The minimum Gasteiger partial charge on any atom is -0.342 e. The van der Waals surface area contributed by atoms with Crippen molar-refractivity contribution < 1.29 is 4.79 Å². The van der Waals surface area contributed by atoms with Crippen molar-refractivity contribution in [3.05, 3.63) is 18.0 Å². The third-order valence-electron chi connectivity index (χ3n) is 6.71. The molecular weight excluding hydrogens is 338 g/mol. The van der Waals surface area contributed by atoms with Crippen LogP contribution in [-0.2, 0) is 17.9 Å². The van der Waals surface area contributed by atoms with Gasteiger partial charge in [0.05, 0.1) is 12.1 Å². The minimum atomic E-state index is 0.245.